The molecule has 0 unspecified atom stereocenters. The van der Waals surface area contributed by atoms with Gasteiger partial charge in [0.15, 0.2) is 0 Å². The summed E-state index contributed by atoms with van der Waals surface area (Å²) < 4.78 is 16.1. The van der Waals surface area contributed by atoms with Gasteiger partial charge in [0.1, 0.15) is 5.82 Å². The number of fused-ring (bicyclic) bond motifs is 1. The number of aryl methyl sites for hydroxylation is 1. The van der Waals surface area contributed by atoms with Crippen LogP contribution in [0.5, 0.6) is 0 Å². The Labute approximate surface area is 113 Å². The Kier molecular flexibility index (Phi) is 3.56. The van der Waals surface area contributed by atoms with Crippen molar-refractivity contribution in [2.24, 2.45) is 7.05 Å². The lowest BCUT2D eigenvalue weighted by Crippen LogP contribution is -2.23. The van der Waals surface area contributed by atoms with Gasteiger partial charge in [0.2, 0.25) is 0 Å². The Hall–Kier alpha value is -1.35. The van der Waals surface area contributed by atoms with Gasteiger partial charge in [0, 0.05) is 25.2 Å². The van der Waals surface area contributed by atoms with Crippen LogP contribution >= 0.6 is 0 Å². The summed E-state index contributed by atoms with van der Waals surface area (Å²) in [7, 11) is 1.99. The van der Waals surface area contributed by atoms with E-state index < -0.39 is 0 Å². The number of benzene rings is 1. The van der Waals surface area contributed by atoms with Crippen molar-refractivity contribution in [1.82, 2.24) is 9.47 Å². The molecule has 2 aromatic rings. The molecule has 3 rings (SSSR count). The van der Waals surface area contributed by atoms with Gasteiger partial charge in [0.25, 0.3) is 0 Å². The lowest BCUT2D eigenvalue weighted by atomic mass is 10.1. The molecule has 0 atom stereocenters. The molecule has 0 radical (unpaired) electrons. The summed E-state index contributed by atoms with van der Waals surface area (Å²) in [5.74, 6) is -0.0945. The molecule has 1 aromatic heterocycles. The second-order valence-electron chi connectivity index (χ2n) is 5.59. The molecule has 1 aliphatic rings. The summed E-state index contributed by atoms with van der Waals surface area (Å²) >= 11 is 0. The SMILES string of the molecule is Cn1cc(CN2CCCCCC2)c2c(F)cccc21. The molecule has 0 spiro atoms. The predicted octanol–water partition coefficient (Wildman–Crippen LogP) is 3.69. The molecule has 0 saturated carbocycles. The summed E-state index contributed by atoms with van der Waals surface area (Å²) in [6.07, 6.45) is 7.29. The quantitative estimate of drug-likeness (QED) is 0.799. The molecule has 0 N–H and O–H groups in total. The van der Waals surface area contributed by atoms with Crippen LogP contribution in [-0.2, 0) is 13.6 Å². The third-order valence-electron chi connectivity index (χ3n) is 4.13. The van der Waals surface area contributed by atoms with Crippen molar-refractivity contribution in [1.29, 1.82) is 0 Å². The van der Waals surface area contributed by atoms with Crippen molar-refractivity contribution < 1.29 is 4.39 Å². The standard InChI is InChI=1S/C16H21FN2/c1-18-11-13(12-19-9-4-2-3-5-10-19)16-14(17)7-6-8-15(16)18/h6-8,11H,2-5,9-10,12H2,1H3. The van der Waals surface area contributed by atoms with Gasteiger partial charge < -0.3 is 4.57 Å². The van der Waals surface area contributed by atoms with Crippen LogP contribution in [0.3, 0.4) is 0 Å². The van der Waals surface area contributed by atoms with Crippen molar-refractivity contribution >= 4 is 10.9 Å². The fraction of sp³-hybridized carbons (Fsp3) is 0.500. The summed E-state index contributed by atoms with van der Waals surface area (Å²) in [5, 5.41) is 0.800. The van der Waals surface area contributed by atoms with Crippen molar-refractivity contribution in [3.63, 3.8) is 0 Å². The largest absolute Gasteiger partial charge is 0.350 e. The molecule has 1 fully saturated rings. The average molecular weight is 260 g/mol. The molecule has 0 aliphatic carbocycles. The van der Waals surface area contributed by atoms with Crippen LogP contribution in [0.1, 0.15) is 31.2 Å². The van der Waals surface area contributed by atoms with E-state index in [1.165, 1.54) is 25.7 Å². The Morgan fingerprint density at radius 2 is 1.84 bits per heavy atom. The van der Waals surface area contributed by atoms with Gasteiger partial charge in [-0.15, -0.1) is 0 Å². The number of aromatic nitrogens is 1. The molecule has 3 heteroatoms. The lowest BCUT2D eigenvalue weighted by molar-refractivity contribution is 0.277. The molecule has 1 aliphatic heterocycles. The van der Waals surface area contributed by atoms with Gasteiger partial charge in [-0.05, 0) is 43.6 Å². The van der Waals surface area contributed by atoms with E-state index in [2.05, 4.69) is 11.1 Å². The second-order valence-corrected chi connectivity index (χ2v) is 5.59. The third-order valence-corrected chi connectivity index (χ3v) is 4.13. The van der Waals surface area contributed by atoms with E-state index in [1.807, 2.05) is 17.7 Å². The number of rotatable bonds is 2. The molecule has 1 aromatic carbocycles. The van der Waals surface area contributed by atoms with E-state index in [9.17, 15) is 4.39 Å². The van der Waals surface area contributed by atoms with Gasteiger partial charge in [-0.2, -0.15) is 0 Å². The van der Waals surface area contributed by atoms with E-state index in [-0.39, 0.29) is 5.82 Å². The predicted molar refractivity (Wildman–Crippen MR) is 76.6 cm³/mol. The van der Waals surface area contributed by atoms with Gasteiger partial charge in [-0.1, -0.05) is 18.9 Å². The number of likely N-dealkylation sites (tertiary alicyclic amines) is 1. The van der Waals surface area contributed by atoms with Crippen LogP contribution in [0.25, 0.3) is 10.9 Å². The monoisotopic (exact) mass is 260 g/mol. The molecule has 1 saturated heterocycles. The second kappa shape index (κ2) is 5.33. The van der Waals surface area contributed by atoms with Crippen LogP contribution < -0.4 is 0 Å². The maximum atomic E-state index is 14.1. The van der Waals surface area contributed by atoms with Crippen LogP contribution in [0.2, 0.25) is 0 Å². The molecule has 0 amide bonds. The minimum Gasteiger partial charge on any atom is -0.350 e. The fourth-order valence-corrected chi connectivity index (χ4v) is 3.15. The van der Waals surface area contributed by atoms with Crippen molar-refractivity contribution in [3.8, 4) is 0 Å². The maximum Gasteiger partial charge on any atom is 0.132 e. The molecule has 2 nitrogen and oxygen atoms in total. The Morgan fingerprint density at radius 3 is 2.58 bits per heavy atom. The average Bonchev–Trinajstić information content (AvgIpc) is 2.59. The first kappa shape index (κ1) is 12.7. The number of halogens is 1. The number of hydrogen-bond donors (Lipinski definition) is 0. The number of nitrogens with zero attached hydrogens (tertiary/aromatic N) is 2. The maximum absolute atomic E-state index is 14.1. The minimum absolute atomic E-state index is 0.0945. The van der Waals surface area contributed by atoms with Gasteiger partial charge >= 0.3 is 0 Å². The highest BCUT2D eigenvalue weighted by Gasteiger charge is 2.15. The number of hydrogen-bond acceptors (Lipinski definition) is 1. The molecular weight excluding hydrogens is 239 g/mol. The molecule has 19 heavy (non-hydrogen) atoms. The van der Waals surface area contributed by atoms with Crippen LogP contribution in [0.4, 0.5) is 4.39 Å². The first-order valence-corrected chi connectivity index (χ1v) is 7.20. The van der Waals surface area contributed by atoms with Crippen LogP contribution in [0, 0.1) is 5.82 Å². The van der Waals surface area contributed by atoms with E-state index in [0.29, 0.717) is 0 Å². The summed E-state index contributed by atoms with van der Waals surface area (Å²) in [4.78, 5) is 2.47. The topological polar surface area (TPSA) is 8.17 Å². The molecule has 102 valence electrons. The minimum atomic E-state index is -0.0945. The highest BCUT2D eigenvalue weighted by molar-refractivity contribution is 5.84. The van der Waals surface area contributed by atoms with E-state index >= 15 is 0 Å². The first-order chi connectivity index (χ1) is 9.25. The third kappa shape index (κ3) is 2.52. The highest BCUT2D eigenvalue weighted by atomic mass is 19.1. The zero-order chi connectivity index (χ0) is 13.2. The smallest absolute Gasteiger partial charge is 0.132 e. The van der Waals surface area contributed by atoms with E-state index in [1.54, 1.807) is 12.1 Å². The Bertz CT molecular complexity index is 565. The van der Waals surface area contributed by atoms with Gasteiger partial charge in [-0.3, -0.25) is 4.90 Å². The van der Waals surface area contributed by atoms with Crippen molar-refractivity contribution in [3.05, 3.63) is 35.8 Å². The van der Waals surface area contributed by atoms with Crippen LogP contribution in [-0.4, -0.2) is 22.6 Å². The first-order valence-electron chi connectivity index (χ1n) is 7.20. The molecule has 0 bridgehead atoms. The van der Waals surface area contributed by atoms with Gasteiger partial charge in [-0.25, -0.2) is 4.39 Å². The Morgan fingerprint density at radius 1 is 1.11 bits per heavy atom. The van der Waals surface area contributed by atoms with Crippen LogP contribution in [0.15, 0.2) is 24.4 Å². The van der Waals surface area contributed by atoms with E-state index in [4.69, 9.17) is 0 Å². The fourth-order valence-electron chi connectivity index (χ4n) is 3.15. The summed E-state index contributed by atoms with van der Waals surface area (Å²) in [6, 6.07) is 5.34. The normalized spacial score (nSPS) is 17.8. The zero-order valence-corrected chi connectivity index (χ0v) is 11.5. The summed E-state index contributed by atoms with van der Waals surface area (Å²) in [6.45, 7) is 3.16. The van der Waals surface area contributed by atoms with Crippen molar-refractivity contribution in [2.45, 2.75) is 32.2 Å². The van der Waals surface area contributed by atoms with Crippen molar-refractivity contribution in [2.75, 3.05) is 13.1 Å². The lowest BCUT2D eigenvalue weighted by Gasteiger charge is -2.19. The highest BCUT2D eigenvalue weighted by Crippen LogP contribution is 2.25. The Balaban J connectivity index is 1.92. The molecule has 2 heterocycles. The van der Waals surface area contributed by atoms with E-state index in [0.717, 1.165) is 36.1 Å². The molecular formula is C16H21FN2. The van der Waals surface area contributed by atoms with Gasteiger partial charge in [0.05, 0.1) is 5.52 Å². The summed E-state index contributed by atoms with van der Waals surface area (Å²) in [5.41, 5.74) is 2.11. The zero-order valence-electron chi connectivity index (χ0n) is 11.5.